The molecule has 3 rings (SSSR count). The molecule has 29 heavy (non-hydrogen) atoms. The lowest BCUT2D eigenvalue weighted by Gasteiger charge is -2.14. The summed E-state index contributed by atoms with van der Waals surface area (Å²) in [6, 6.07) is 13.6. The molecule has 3 aromatic rings. The van der Waals surface area contributed by atoms with Crippen LogP contribution in [0.2, 0.25) is 0 Å². The largest absolute Gasteiger partial charge is 0.497 e. The lowest BCUT2D eigenvalue weighted by Crippen LogP contribution is -2.05. The maximum Gasteiger partial charge on any atom is 0.191 e. The Balaban J connectivity index is 1.62. The zero-order valence-corrected chi connectivity index (χ0v) is 17.6. The molecule has 0 atom stereocenters. The molecule has 5 nitrogen and oxygen atoms in total. The molecule has 0 unspecified atom stereocenters. The fraction of sp³-hybridized carbons (Fsp3) is 0.318. The number of ketones is 1. The van der Waals surface area contributed by atoms with Gasteiger partial charge in [0.15, 0.2) is 16.8 Å². The maximum absolute atomic E-state index is 13.0. The van der Waals surface area contributed by atoms with Crippen molar-refractivity contribution < 1.29 is 13.9 Å². The first-order valence-corrected chi connectivity index (χ1v) is 10.5. The van der Waals surface area contributed by atoms with E-state index in [1.807, 2.05) is 24.3 Å². The van der Waals surface area contributed by atoms with E-state index in [1.54, 1.807) is 18.9 Å². The fourth-order valence-corrected chi connectivity index (χ4v) is 3.96. The van der Waals surface area contributed by atoms with E-state index in [-0.39, 0.29) is 17.6 Å². The van der Waals surface area contributed by atoms with Crippen LogP contribution >= 0.6 is 11.8 Å². The van der Waals surface area contributed by atoms with E-state index in [0.29, 0.717) is 18.4 Å². The number of hydrogen-bond donors (Lipinski definition) is 0. The average molecular weight is 414 g/mol. The second-order valence-electron chi connectivity index (χ2n) is 6.88. The summed E-state index contributed by atoms with van der Waals surface area (Å²) in [4.78, 5) is 12.2. The van der Waals surface area contributed by atoms with Crippen LogP contribution in [0.3, 0.4) is 0 Å². The Bertz CT molecular complexity index is 953. The third kappa shape index (κ3) is 5.23. The number of aromatic nitrogens is 3. The number of carbonyl (C=O) groups is 1. The van der Waals surface area contributed by atoms with Gasteiger partial charge in [-0.3, -0.25) is 9.36 Å². The molecular formula is C22H24FN3O2S. The Labute approximate surface area is 174 Å². The SMILES string of the molecule is COc1ccc(-c2nnc(SCCCC(=O)c3ccc(F)cc3)n2C(C)C)cc1. The van der Waals surface area contributed by atoms with Gasteiger partial charge in [0, 0.05) is 29.3 Å². The highest BCUT2D eigenvalue weighted by atomic mass is 32.2. The molecule has 0 aliphatic rings. The third-order valence-corrected chi connectivity index (χ3v) is 5.50. The summed E-state index contributed by atoms with van der Waals surface area (Å²) in [6.45, 7) is 4.19. The number of methoxy groups -OCH3 is 1. The van der Waals surface area contributed by atoms with E-state index in [2.05, 4.69) is 28.6 Å². The fourth-order valence-electron chi connectivity index (χ4n) is 2.95. The summed E-state index contributed by atoms with van der Waals surface area (Å²) >= 11 is 1.59. The molecule has 0 N–H and O–H groups in total. The molecule has 0 saturated heterocycles. The van der Waals surface area contributed by atoms with E-state index >= 15 is 0 Å². The minimum absolute atomic E-state index is 0.0230. The van der Waals surface area contributed by atoms with Gasteiger partial charge < -0.3 is 4.74 Å². The van der Waals surface area contributed by atoms with Crippen molar-refractivity contribution in [2.45, 2.75) is 37.9 Å². The summed E-state index contributed by atoms with van der Waals surface area (Å²) in [5.74, 6) is 2.05. The van der Waals surface area contributed by atoms with Crippen molar-refractivity contribution >= 4 is 17.5 Å². The number of nitrogens with zero attached hydrogens (tertiary/aromatic N) is 3. The van der Waals surface area contributed by atoms with Gasteiger partial charge in [0.25, 0.3) is 0 Å². The van der Waals surface area contributed by atoms with Gasteiger partial charge in [-0.1, -0.05) is 11.8 Å². The highest BCUT2D eigenvalue weighted by Gasteiger charge is 2.17. The third-order valence-electron chi connectivity index (χ3n) is 4.47. The predicted octanol–water partition coefficient (Wildman–Crippen LogP) is 5.43. The van der Waals surface area contributed by atoms with Gasteiger partial charge in [-0.05, 0) is 68.8 Å². The van der Waals surface area contributed by atoms with E-state index in [9.17, 15) is 9.18 Å². The van der Waals surface area contributed by atoms with Gasteiger partial charge in [-0.15, -0.1) is 10.2 Å². The summed E-state index contributed by atoms with van der Waals surface area (Å²) in [5, 5.41) is 9.57. The molecule has 7 heteroatoms. The first-order chi connectivity index (χ1) is 14.0. The first-order valence-electron chi connectivity index (χ1n) is 9.50. The molecule has 0 spiro atoms. The lowest BCUT2D eigenvalue weighted by molar-refractivity contribution is 0.0982. The first kappa shape index (κ1) is 21.0. The monoisotopic (exact) mass is 413 g/mol. The summed E-state index contributed by atoms with van der Waals surface area (Å²) in [6.07, 6.45) is 1.13. The molecule has 0 fully saturated rings. The normalized spacial score (nSPS) is 11.1. The van der Waals surface area contributed by atoms with Crippen LogP contribution in [0.1, 0.15) is 43.1 Å². The molecule has 1 aromatic heterocycles. The number of carbonyl (C=O) groups excluding carboxylic acids is 1. The van der Waals surface area contributed by atoms with Gasteiger partial charge in [0.2, 0.25) is 0 Å². The van der Waals surface area contributed by atoms with E-state index in [4.69, 9.17) is 4.74 Å². The topological polar surface area (TPSA) is 57.0 Å². The Hall–Kier alpha value is -2.67. The van der Waals surface area contributed by atoms with E-state index in [1.165, 1.54) is 24.3 Å². The molecule has 0 bridgehead atoms. The van der Waals surface area contributed by atoms with Crippen molar-refractivity contribution in [3.8, 4) is 17.1 Å². The van der Waals surface area contributed by atoms with Crippen LogP contribution in [0.5, 0.6) is 5.75 Å². The number of halogens is 1. The number of benzene rings is 2. The second-order valence-corrected chi connectivity index (χ2v) is 7.94. The molecule has 1 heterocycles. The van der Waals surface area contributed by atoms with Crippen LogP contribution in [0, 0.1) is 5.82 Å². The molecule has 152 valence electrons. The quantitative estimate of drug-likeness (QED) is 0.266. The number of thioether (sulfide) groups is 1. The number of hydrogen-bond acceptors (Lipinski definition) is 5. The lowest BCUT2D eigenvalue weighted by atomic mass is 10.1. The molecule has 0 aliphatic heterocycles. The van der Waals surface area contributed by atoms with Crippen molar-refractivity contribution in [3.05, 3.63) is 59.9 Å². The molecular weight excluding hydrogens is 389 g/mol. The zero-order chi connectivity index (χ0) is 20.8. The molecule has 0 saturated carbocycles. The number of rotatable bonds is 9. The van der Waals surface area contributed by atoms with Gasteiger partial charge in [0.1, 0.15) is 11.6 Å². The highest BCUT2D eigenvalue weighted by molar-refractivity contribution is 7.99. The van der Waals surface area contributed by atoms with Crippen molar-refractivity contribution in [2.24, 2.45) is 0 Å². The molecule has 0 radical (unpaired) electrons. The van der Waals surface area contributed by atoms with Crippen molar-refractivity contribution in [1.29, 1.82) is 0 Å². The van der Waals surface area contributed by atoms with Crippen LogP contribution in [-0.2, 0) is 0 Å². The molecule has 0 amide bonds. The van der Waals surface area contributed by atoms with Crippen LogP contribution in [0.4, 0.5) is 4.39 Å². The van der Waals surface area contributed by atoms with Gasteiger partial charge >= 0.3 is 0 Å². The summed E-state index contributed by atoms with van der Waals surface area (Å²) < 4.78 is 20.3. The summed E-state index contributed by atoms with van der Waals surface area (Å²) in [7, 11) is 1.64. The number of ether oxygens (including phenoxy) is 1. The zero-order valence-electron chi connectivity index (χ0n) is 16.8. The summed E-state index contributed by atoms with van der Waals surface area (Å²) in [5.41, 5.74) is 1.52. The van der Waals surface area contributed by atoms with Crippen LogP contribution in [0.25, 0.3) is 11.4 Å². The standard InChI is InChI=1S/C22H24FN3O2S/c1-15(2)26-21(17-8-12-19(28-3)13-9-17)24-25-22(26)29-14-4-5-20(27)16-6-10-18(23)11-7-16/h6-13,15H,4-5,14H2,1-3H3. The Kier molecular flexibility index (Phi) is 7.04. The highest BCUT2D eigenvalue weighted by Crippen LogP contribution is 2.29. The number of Topliss-reactive ketones (excluding diaryl/α,β-unsaturated/α-hetero) is 1. The van der Waals surface area contributed by atoms with Gasteiger partial charge in [0.05, 0.1) is 7.11 Å². The maximum atomic E-state index is 13.0. The van der Waals surface area contributed by atoms with E-state index < -0.39 is 0 Å². The van der Waals surface area contributed by atoms with Gasteiger partial charge in [-0.25, -0.2) is 4.39 Å². The molecule has 0 aliphatic carbocycles. The van der Waals surface area contributed by atoms with Crippen LogP contribution < -0.4 is 4.74 Å². The minimum Gasteiger partial charge on any atom is -0.497 e. The average Bonchev–Trinajstić information content (AvgIpc) is 3.16. The smallest absolute Gasteiger partial charge is 0.191 e. The Morgan fingerprint density at radius 2 is 1.79 bits per heavy atom. The Morgan fingerprint density at radius 3 is 2.41 bits per heavy atom. The van der Waals surface area contributed by atoms with Crippen LogP contribution in [-0.4, -0.2) is 33.4 Å². The van der Waals surface area contributed by atoms with Crippen molar-refractivity contribution in [1.82, 2.24) is 14.8 Å². The van der Waals surface area contributed by atoms with Gasteiger partial charge in [-0.2, -0.15) is 0 Å². The van der Waals surface area contributed by atoms with Crippen molar-refractivity contribution in [3.63, 3.8) is 0 Å². The van der Waals surface area contributed by atoms with Crippen molar-refractivity contribution in [2.75, 3.05) is 12.9 Å². The minimum atomic E-state index is -0.335. The Morgan fingerprint density at radius 1 is 1.10 bits per heavy atom. The van der Waals surface area contributed by atoms with Crippen LogP contribution in [0.15, 0.2) is 53.7 Å². The second kappa shape index (κ2) is 9.69. The predicted molar refractivity (Wildman–Crippen MR) is 113 cm³/mol. The van der Waals surface area contributed by atoms with E-state index in [0.717, 1.165) is 28.0 Å². The molecule has 2 aromatic carbocycles.